The number of methoxy groups -OCH3 is 1. The monoisotopic (exact) mass is 353 g/mol. The molecule has 0 saturated heterocycles. The number of rotatable bonds is 4. The fraction of sp³-hybridized carbons (Fsp3) is 0.133. The van der Waals surface area contributed by atoms with E-state index in [-0.39, 0.29) is 12.4 Å². The minimum absolute atomic E-state index is 0.190. The molecule has 0 heterocycles. The summed E-state index contributed by atoms with van der Waals surface area (Å²) < 4.78 is 23.9. The summed E-state index contributed by atoms with van der Waals surface area (Å²) in [7, 11) is 1.30. The maximum atomic E-state index is 13.0. The molecule has 110 valence electrons. The molecule has 2 rings (SSSR count). The van der Waals surface area contributed by atoms with Crippen molar-refractivity contribution in [2.45, 2.75) is 6.61 Å². The first kappa shape index (κ1) is 15.3. The minimum Gasteiger partial charge on any atom is -0.487 e. The molecule has 2 aromatic carbocycles. The van der Waals surface area contributed by atoms with Gasteiger partial charge in [0.25, 0.3) is 0 Å². The van der Waals surface area contributed by atoms with Gasteiger partial charge in [0, 0.05) is 10.0 Å². The van der Waals surface area contributed by atoms with Crippen LogP contribution in [0.5, 0.6) is 5.75 Å². The third-order valence-electron chi connectivity index (χ3n) is 2.83. The molecular weight excluding hydrogens is 341 g/mol. The number of anilines is 1. The molecule has 0 aliphatic rings. The van der Waals surface area contributed by atoms with Gasteiger partial charge < -0.3 is 15.2 Å². The number of nitrogen functional groups attached to an aromatic ring is 1. The Kier molecular flexibility index (Phi) is 4.80. The second-order valence-corrected chi connectivity index (χ2v) is 5.12. The minimum atomic E-state index is -0.470. The van der Waals surface area contributed by atoms with Crippen molar-refractivity contribution >= 4 is 27.6 Å². The zero-order valence-electron chi connectivity index (χ0n) is 11.2. The normalized spacial score (nSPS) is 10.2. The van der Waals surface area contributed by atoms with Crippen molar-refractivity contribution < 1.29 is 18.7 Å². The molecular formula is C15H13BrFNO3. The van der Waals surface area contributed by atoms with E-state index in [2.05, 4.69) is 20.7 Å². The quantitative estimate of drug-likeness (QED) is 0.674. The molecule has 4 nitrogen and oxygen atoms in total. The zero-order chi connectivity index (χ0) is 15.4. The van der Waals surface area contributed by atoms with Gasteiger partial charge in [-0.15, -0.1) is 0 Å². The van der Waals surface area contributed by atoms with E-state index in [0.29, 0.717) is 21.5 Å². The third-order valence-corrected chi connectivity index (χ3v) is 3.57. The number of benzene rings is 2. The Bertz CT molecular complexity index is 676. The van der Waals surface area contributed by atoms with Gasteiger partial charge in [0.2, 0.25) is 0 Å². The van der Waals surface area contributed by atoms with E-state index in [1.807, 2.05) is 0 Å². The van der Waals surface area contributed by atoms with E-state index >= 15 is 0 Å². The number of hydrogen-bond donors (Lipinski definition) is 1. The van der Waals surface area contributed by atoms with Crippen molar-refractivity contribution in [1.29, 1.82) is 0 Å². The highest BCUT2D eigenvalue weighted by atomic mass is 79.9. The highest BCUT2D eigenvalue weighted by molar-refractivity contribution is 9.10. The molecule has 0 atom stereocenters. The van der Waals surface area contributed by atoms with E-state index in [1.54, 1.807) is 18.2 Å². The van der Waals surface area contributed by atoms with Gasteiger partial charge in [0.05, 0.1) is 18.4 Å². The van der Waals surface area contributed by atoms with Crippen LogP contribution in [0, 0.1) is 5.82 Å². The molecule has 0 radical (unpaired) electrons. The number of esters is 1. The standard InChI is InChI=1S/C15H13BrFNO3/c1-20-15(19)9-3-5-13(18)14(6-9)21-8-10-2-4-11(17)7-12(10)16/h2-7H,8,18H2,1H3. The second kappa shape index (κ2) is 6.58. The molecule has 0 aromatic heterocycles. The number of ether oxygens (including phenoxy) is 2. The lowest BCUT2D eigenvalue weighted by molar-refractivity contribution is 0.0600. The summed E-state index contributed by atoms with van der Waals surface area (Å²) in [5, 5.41) is 0. The predicted molar refractivity (Wildman–Crippen MR) is 80.6 cm³/mol. The fourth-order valence-electron chi connectivity index (χ4n) is 1.70. The summed E-state index contributed by atoms with van der Waals surface area (Å²) in [5.41, 5.74) is 7.32. The van der Waals surface area contributed by atoms with Gasteiger partial charge >= 0.3 is 5.97 Å². The van der Waals surface area contributed by atoms with Crippen molar-refractivity contribution in [3.05, 3.63) is 57.8 Å². The number of carbonyl (C=O) groups excluding carboxylic acids is 1. The van der Waals surface area contributed by atoms with Crippen LogP contribution in [-0.4, -0.2) is 13.1 Å². The van der Waals surface area contributed by atoms with Crippen LogP contribution in [0.1, 0.15) is 15.9 Å². The average molecular weight is 354 g/mol. The predicted octanol–water partition coefficient (Wildman–Crippen LogP) is 3.54. The van der Waals surface area contributed by atoms with Crippen LogP contribution in [-0.2, 0) is 11.3 Å². The summed E-state index contributed by atoms with van der Waals surface area (Å²) in [6.07, 6.45) is 0. The van der Waals surface area contributed by atoms with Crippen molar-refractivity contribution in [3.63, 3.8) is 0 Å². The van der Waals surface area contributed by atoms with E-state index in [4.69, 9.17) is 10.5 Å². The molecule has 0 unspecified atom stereocenters. The van der Waals surface area contributed by atoms with E-state index in [0.717, 1.165) is 5.56 Å². The Labute approximate surface area is 129 Å². The van der Waals surface area contributed by atoms with Gasteiger partial charge in [-0.25, -0.2) is 9.18 Å². The SMILES string of the molecule is COC(=O)c1ccc(N)c(OCc2ccc(F)cc2Br)c1. The molecule has 0 bridgehead atoms. The lowest BCUT2D eigenvalue weighted by Crippen LogP contribution is -2.04. The zero-order valence-corrected chi connectivity index (χ0v) is 12.8. The van der Waals surface area contributed by atoms with Crippen LogP contribution >= 0.6 is 15.9 Å². The Morgan fingerprint density at radius 3 is 2.71 bits per heavy atom. The Morgan fingerprint density at radius 1 is 1.29 bits per heavy atom. The lowest BCUT2D eigenvalue weighted by Gasteiger charge is -2.11. The number of halogens is 2. The molecule has 6 heteroatoms. The van der Waals surface area contributed by atoms with Crippen molar-refractivity contribution in [2.75, 3.05) is 12.8 Å². The topological polar surface area (TPSA) is 61.5 Å². The van der Waals surface area contributed by atoms with Crippen LogP contribution in [0.4, 0.5) is 10.1 Å². The van der Waals surface area contributed by atoms with Gasteiger partial charge in [-0.05, 0) is 30.3 Å². The molecule has 0 spiro atoms. The van der Waals surface area contributed by atoms with Gasteiger partial charge in [0.1, 0.15) is 18.2 Å². The molecule has 0 fully saturated rings. The lowest BCUT2D eigenvalue weighted by atomic mass is 10.2. The van der Waals surface area contributed by atoms with Crippen LogP contribution in [0.15, 0.2) is 40.9 Å². The van der Waals surface area contributed by atoms with Crippen LogP contribution in [0.25, 0.3) is 0 Å². The number of carbonyl (C=O) groups is 1. The molecule has 21 heavy (non-hydrogen) atoms. The molecule has 0 aliphatic heterocycles. The van der Waals surface area contributed by atoms with Crippen molar-refractivity contribution in [3.8, 4) is 5.75 Å². The van der Waals surface area contributed by atoms with E-state index < -0.39 is 5.97 Å². The van der Waals surface area contributed by atoms with Crippen LogP contribution < -0.4 is 10.5 Å². The number of nitrogens with two attached hydrogens (primary N) is 1. The van der Waals surface area contributed by atoms with Crippen LogP contribution in [0.2, 0.25) is 0 Å². The maximum Gasteiger partial charge on any atom is 0.337 e. The average Bonchev–Trinajstić information content (AvgIpc) is 2.47. The summed E-state index contributed by atoms with van der Waals surface area (Å²) in [5.74, 6) is -0.435. The Morgan fingerprint density at radius 2 is 2.05 bits per heavy atom. The number of hydrogen-bond acceptors (Lipinski definition) is 4. The molecule has 2 aromatic rings. The molecule has 2 N–H and O–H groups in total. The summed E-state index contributed by atoms with van der Waals surface area (Å²) >= 11 is 3.26. The molecule has 0 aliphatic carbocycles. The first-order valence-corrected chi connectivity index (χ1v) is 6.85. The maximum absolute atomic E-state index is 13.0. The van der Waals surface area contributed by atoms with E-state index in [1.165, 1.54) is 25.3 Å². The summed E-state index contributed by atoms with van der Waals surface area (Å²) in [4.78, 5) is 11.5. The first-order chi connectivity index (χ1) is 10.0. The third kappa shape index (κ3) is 3.72. The highest BCUT2D eigenvalue weighted by Crippen LogP contribution is 2.26. The smallest absolute Gasteiger partial charge is 0.337 e. The largest absolute Gasteiger partial charge is 0.487 e. The fourth-order valence-corrected chi connectivity index (χ4v) is 2.16. The van der Waals surface area contributed by atoms with E-state index in [9.17, 15) is 9.18 Å². The second-order valence-electron chi connectivity index (χ2n) is 4.27. The molecule has 0 amide bonds. The summed E-state index contributed by atoms with van der Waals surface area (Å²) in [6, 6.07) is 8.95. The van der Waals surface area contributed by atoms with Gasteiger partial charge in [-0.2, -0.15) is 0 Å². The molecule has 0 saturated carbocycles. The van der Waals surface area contributed by atoms with Crippen LogP contribution in [0.3, 0.4) is 0 Å². The van der Waals surface area contributed by atoms with Gasteiger partial charge in [-0.3, -0.25) is 0 Å². The van der Waals surface area contributed by atoms with Crippen molar-refractivity contribution in [1.82, 2.24) is 0 Å². The van der Waals surface area contributed by atoms with Gasteiger partial charge in [-0.1, -0.05) is 22.0 Å². The summed E-state index contributed by atoms with van der Waals surface area (Å²) in [6.45, 7) is 0.190. The Hall–Kier alpha value is -2.08. The van der Waals surface area contributed by atoms with Crippen molar-refractivity contribution in [2.24, 2.45) is 0 Å². The highest BCUT2D eigenvalue weighted by Gasteiger charge is 2.10. The Balaban J connectivity index is 2.17. The van der Waals surface area contributed by atoms with Gasteiger partial charge in [0.15, 0.2) is 0 Å². The first-order valence-electron chi connectivity index (χ1n) is 6.06.